The van der Waals surface area contributed by atoms with Crippen LogP contribution in [0.5, 0.6) is 0 Å². The van der Waals surface area contributed by atoms with Gasteiger partial charge in [0.25, 0.3) is 5.91 Å². The zero-order valence-corrected chi connectivity index (χ0v) is 15.3. The first-order chi connectivity index (χ1) is 12.6. The van der Waals surface area contributed by atoms with Crippen molar-refractivity contribution in [3.63, 3.8) is 0 Å². The molecule has 1 aliphatic heterocycles. The molecule has 0 bridgehead atoms. The molecule has 2 amide bonds. The number of thioether (sulfide) groups is 1. The van der Waals surface area contributed by atoms with E-state index >= 15 is 0 Å². The molecule has 0 saturated heterocycles. The Morgan fingerprint density at radius 3 is 2.88 bits per heavy atom. The number of carbonyl (C=O) groups is 2. The first-order valence-corrected chi connectivity index (χ1v) is 9.74. The normalized spacial score (nSPS) is 18.7. The standard InChI is InChI=1S/C18H20N4O3S/c1-11-19-17(22-25-11)18(7-2-3-8-18)21-16(24)12-4-5-14-13(10-12)20-15(23)6-9-26-14/h4-5,10H,2-3,6-9H2,1H3,(H,20,23)(H,21,24). The van der Waals surface area contributed by atoms with Gasteiger partial charge in [-0.2, -0.15) is 4.98 Å². The van der Waals surface area contributed by atoms with Crippen molar-refractivity contribution >= 4 is 29.3 Å². The van der Waals surface area contributed by atoms with E-state index in [1.54, 1.807) is 30.8 Å². The third kappa shape index (κ3) is 3.21. The van der Waals surface area contributed by atoms with E-state index in [2.05, 4.69) is 20.8 Å². The van der Waals surface area contributed by atoms with Gasteiger partial charge in [-0.05, 0) is 31.0 Å². The van der Waals surface area contributed by atoms with Crippen LogP contribution in [0.15, 0.2) is 27.6 Å². The first kappa shape index (κ1) is 17.1. The summed E-state index contributed by atoms with van der Waals surface area (Å²) >= 11 is 1.62. The van der Waals surface area contributed by atoms with E-state index in [0.29, 0.717) is 29.4 Å². The van der Waals surface area contributed by atoms with Crippen LogP contribution in [0.25, 0.3) is 0 Å². The molecule has 1 aliphatic carbocycles. The van der Waals surface area contributed by atoms with Gasteiger partial charge >= 0.3 is 0 Å². The molecule has 1 saturated carbocycles. The van der Waals surface area contributed by atoms with Crippen molar-refractivity contribution in [2.45, 2.75) is 49.5 Å². The lowest BCUT2D eigenvalue weighted by atomic mass is 9.95. The van der Waals surface area contributed by atoms with E-state index in [9.17, 15) is 9.59 Å². The third-order valence-corrected chi connectivity index (χ3v) is 5.94. The lowest BCUT2D eigenvalue weighted by Gasteiger charge is -2.27. The fourth-order valence-corrected chi connectivity index (χ4v) is 4.46. The first-order valence-electron chi connectivity index (χ1n) is 8.76. The van der Waals surface area contributed by atoms with Crippen molar-refractivity contribution in [3.05, 3.63) is 35.5 Å². The topological polar surface area (TPSA) is 97.1 Å². The largest absolute Gasteiger partial charge is 0.340 e. The Kier molecular flexibility index (Phi) is 4.44. The molecular weight excluding hydrogens is 352 g/mol. The van der Waals surface area contributed by atoms with Crippen LogP contribution < -0.4 is 10.6 Å². The zero-order chi connectivity index (χ0) is 18.1. The molecule has 2 heterocycles. The van der Waals surface area contributed by atoms with Gasteiger partial charge in [0.15, 0.2) is 5.82 Å². The quantitative estimate of drug-likeness (QED) is 0.860. The summed E-state index contributed by atoms with van der Waals surface area (Å²) in [6.45, 7) is 1.74. The fourth-order valence-electron chi connectivity index (χ4n) is 3.53. The Morgan fingerprint density at radius 2 is 2.15 bits per heavy atom. The van der Waals surface area contributed by atoms with Crippen LogP contribution in [0, 0.1) is 6.92 Å². The highest BCUT2D eigenvalue weighted by molar-refractivity contribution is 7.99. The molecule has 26 heavy (non-hydrogen) atoms. The summed E-state index contributed by atoms with van der Waals surface area (Å²) < 4.78 is 5.13. The van der Waals surface area contributed by atoms with E-state index in [4.69, 9.17) is 4.52 Å². The Morgan fingerprint density at radius 1 is 1.35 bits per heavy atom. The van der Waals surface area contributed by atoms with Gasteiger partial charge in [0, 0.05) is 29.6 Å². The molecule has 2 aliphatic rings. The molecule has 7 nitrogen and oxygen atoms in total. The van der Waals surface area contributed by atoms with Crippen LogP contribution in [-0.2, 0) is 10.3 Å². The highest BCUT2D eigenvalue weighted by Gasteiger charge is 2.41. The van der Waals surface area contributed by atoms with E-state index in [1.807, 2.05) is 6.07 Å². The molecular formula is C18H20N4O3S. The number of anilines is 1. The van der Waals surface area contributed by atoms with Crippen molar-refractivity contribution in [2.24, 2.45) is 0 Å². The van der Waals surface area contributed by atoms with E-state index in [-0.39, 0.29) is 11.8 Å². The van der Waals surface area contributed by atoms with Gasteiger partial charge < -0.3 is 15.2 Å². The number of nitrogens with zero attached hydrogens (tertiary/aromatic N) is 2. The molecule has 4 rings (SSSR count). The number of rotatable bonds is 3. The van der Waals surface area contributed by atoms with Crippen LogP contribution in [0.2, 0.25) is 0 Å². The second-order valence-electron chi connectivity index (χ2n) is 6.74. The molecule has 2 N–H and O–H groups in total. The number of aryl methyl sites for hydroxylation is 1. The highest BCUT2D eigenvalue weighted by Crippen LogP contribution is 2.38. The van der Waals surface area contributed by atoms with Crippen LogP contribution >= 0.6 is 11.8 Å². The SMILES string of the molecule is Cc1nc(C2(NC(=O)c3ccc4c(c3)NC(=O)CCS4)CCCC2)no1. The summed E-state index contributed by atoms with van der Waals surface area (Å²) in [5.41, 5.74) is 0.624. The summed E-state index contributed by atoms with van der Waals surface area (Å²) in [5, 5.41) is 10.1. The predicted molar refractivity (Wildman–Crippen MR) is 97.1 cm³/mol. The summed E-state index contributed by atoms with van der Waals surface area (Å²) in [7, 11) is 0. The molecule has 2 aromatic rings. The maximum atomic E-state index is 12.9. The predicted octanol–water partition coefficient (Wildman–Crippen LogP) is 3.01. The number of aromatic nitrogens is 2. The van der Waals surface area contributed by atoms with Crippen molar-refractivity contribution in [2.75, 3.05) is 11.1 Å². The zero-order valence-electron chi connectivity index (χ0n) is 14.5. The molecule has 0 spiro atoms. The molecule has 1 aromatic heterocycles. The molecule has 0 unspecified atom stereocenters. The van der Waals surface area contributed by atoms with Gasteiger partial charge in [-0.3, -0.25) is 9.59 Å². The van der Waals surface area contributed by atoms with Gasteiger partial charge in [-0.15, -0.1) is 11.8 Å². The number of hydrogen-bond donors (Lipinski definition) is 2. The number of hydrogen-bond acceptors (Lipinski definition) is 6. The maximum Gasteiger partial charge on any atom is 0.252 e. The van der Waals surface area contributed by atoms with Gasteiger partial charge in [-0.25, -0.2) is 0 Å². The molecule has 1 fully saturated rings. The molecule has 0 atom stereocenters. The minimum atomic E-state index is -0.584. The molecule has 0 radical (unpaired) electrons. The molecule has 1 aromatic carbocycles. The Bertz CT molecular complexity index is 858. The summed E-state index contributed by atoms with van der Waals surface area (Å²) in [6, 6.07) is 5.42. The number of benzene rings is 1. The number of nitrogens with one attached hydrogen (secondary N) is 2. The van der Waals surface area contributed by atoms with Crippen molar-refractivity contribution in [1.82, 2.24) is 15.5 Å². The van der Waals surface area contributed by atoms with Gasteiger partial charge in [0.1, 0.15) is 5.54 Å². The van der Waals surface area contributed by atoms with Crippen LogP contribution in [0.3, 0.4) is 0 Å². The van der Waals surface area contributed by atoms with Gasteiger partial charge in [0.2, 0.25) is 11.8 Å². The van der Waals surface area contributed by atoms with E-state index in [1.165, 1.54) is 0 Å². The van der Waals surface area contributed by atoms with Gasteiger partial charge in [0.05, 0.1) is 5.69 Å². The lowest BCUT2D eigenvalue weighted by molar-refractivity contribution is -0.115. The monoisotopic (exact) mass is 372 g/mol. The second kappa shape index (κ2) is 6.75. The summed E-state index contributed by atoms with van der Waals surface area (Å²) in [6.07, 6.45) is 4.06. The van der Waals surface area contributed by atoms with Crippen LogP contribution in [-0.4, -0.2) is 27.7 Å². The highest BCUT2D eigenvalue weighted by atomic mass is 32.2. The van der Waals surface area contributed by atoms with Crippen molar-refractivity contribution < 1.29 is 14.1 Å². The maximum absolute atomic E-state index is 12.9. The van der Waals surface area contributed by atoms with Crippen LogP contribution in [0.1, 0.15) is 54.2 Å². The lowest BCUT2D eigenvalue weighted by Crippen LogP contribution is -2.44. The smallest absolute Gasteiger partial charge is 0.252 e. The minimum absolute atomic E-state index is 0.0247. The second-order valence-corrected chi connectivity index (χ2v) is 7.87. The number of carbonyl (C=O) groups excluding carboxylic acids is 2. The Balaban J connectivity index is 1.60. The number of amides is 2. The average molecular weight is 372 g/mol. The van der Waals surface area contributed by atoms with Crippen molar-refractivity contribution in [1.29, 1.82) is 0 Å². The van der Waals surface area contributed by atoms with Crippen LogP contribution in [0.4, 0.5) is 5.69 Å². The minimum Gasteiger partial charge on any atom is -0.340 e. The Labute approximate surface area is 155 Å². The van der Waals surface area contributed by atoms with E-state index < -0.39 is 5.54 Å². The molecule has 8 heteroatoms. The van der Waals surface area contributed by atoms with Gasteiger partial charge in [-0.1, -0.05) is 18.0 Å². The third-order valence-electron chi connectivity index (χ3n) is 4.87. The summed E-state index contributed by atoms with van der Waals surface area (Å²) in [5.74, 6) is 1.55. The van der Waals surface area contributed by atoms with E-state index in [0.717, 1.165) is 36.3 Å². The summed E-state index contributed by atoms with van der Waals surface area (Å²) in [4.78, 5) is 30.0. The average Bonchev–Trinajstić information content (AvgIpc) is 3.21. The van der Waals surface area contributed by atoms with Crippen molar-refractivity contribution in [3.8, 4) is 0 Å². The Hall–Kier alpha value is -2.35. The fraction of sp³-hybridized carbons (Fsp3) is 0.444. The molecule has 136 valence electrons. The number of fused-ring (bicyclic) bond motifs is 1.